The summed E-state index contributed by atoms with van der Waals surface area (Å²) in [5, 5.41) is 8.70. The number of urea groups is 1. The normalized spacial score (nSPS) is 19.4. The summed E-state index contributed by atoms with van der Waals surface area (Å²) in [6.07, 6.45) is 4.98. The largest absolute Gasteiger partial charge is 0.338 e. The van der Waals surface area contributed by atoms with Crippen LogP contribution in [0.25, 0.3) is 0 Å². The minimum absolute atomic E-state index is 0.102. The molecular formula is C15H26N4OS. The summed E-state index contributed by atoms with van der Waals surface area (Å²) in [5.41, 5.74) is 1.01. The zero-order valence-corrected chi connectivity index (χ0v) is 13.8. The van der Waals surface area contributed by atoms with Crippen molar-refractivity contribution in [3.05, 3.63) is 16.1 Å². The Morgan fingerprint density at radius 3 is 3.05 bits per heavy atom. The Hall–Kier alpha value is -1.14. The number of likely N-dealkylation sites (tertiary alicyclic amines) is 1. The number of amides is 2. The molecule has 0 aromatic carbocycles. The first kappa shape index (κ1) is 16.2. The van der Waals surface area contributed by atoms with Gasteiger partial charge in [-0.25, -0.2) is 9.78 Å². The maximum atomic E-state index is 11.7. The van der Waals surface area contributed by atoms with Gasteiger partial charge in [-0.2, -0.15) is 0 Å². The zero-order valence-electron chi connectivity index (χ0n) is 13.0. The molecule has 1 aromatic rings. The SMILES string of the molecule is Cc1csc(CNC(=O)NCCCN2CCCCC2C)n1. The number of piperidine rings is 1. The summed E-state index contributed by atoms with van der Waals surface area (Å²) in [4.78, 5) is 18.5. The Labute approximate surface area is 131 Å². The van der Waals surface area contributed by atoms with E-state index in [0.29, 0.717) is 12.6 Å². The van der Waals surface area contributed by atoms with Crippen molar-refractivity contribution >= 4 is 17.4 Å². The number of aromatic nitrogens is 1. The Kier molecular flexibility index (Phi) is 6.45. The van der Waals surface area contributed by atoms with Crippen LogP contribution in [-0.2, 0) is 6.54 Å². The Balaban J connectivity index is 1.54. The van der Waals surface area contributed by atoms with E-state index in [0.717, 1.165) is 30.2 Å². The van der Waals surface area contributed by atoms with Crippen LogP contribution in [0.5, 0.6) is 0 Å². The molecule has 1 fully saturated rings. The predicted octanol–water partition coefficient (Wildman–Crippen LogP) is 2.52. The first-order valence-electron chi connectivity index (χ1n) is 7.82. The third kappa shape index (κ3) is 5.63. The van der Waals surface area contributed by atoms with Gasteiger partial charge in [0, 0.05) is 30.2 Å². The van der Waals surface area contributed by atoms with Gasteiger partial charge in [0.1, 0.15) is 5.01 Å². The second-order valence-corrected chi connectivity index (χ2v) is 6.67. The zero-order chi connectivity index (χ0) is 15.1. The maximum Gasteiger partial charge on any atom is 0.315 e. The van der Waals surface area contributed by atoms with Crippen molar-refractivity contribution in [3.63, 3.8) is 0 Å². The van der Waals surface area contributed by atoms with Crippen LogP contribution >= 0.6 is 11.3 Å². The summed E-state index contributed by atoms with van der Waals surface area (Å²) in [6, 6.07) is 0.593. The van der Waals surface area contributed by atoms with Crippen LogP contribution < -0.4 is 10.6 Å². The molecule has 0 spiro atoms. The molecule has 0 bridgehead atoms. The molecule has 118 valence electrons. The van der Waals surface area contributed by atoms with Crippen LogP contribution in [-0.4, -0.2) is 41.6 Å². The van der Waals surface area contributed by atoms with Gasteiger partial charge in [-0.1, -0.05) is 6.42 Å². The third-order valence-corrected chi connectivity index (χ3v) is 4.88. The van der Waals surface area contributed by atoms with Crippen molar-refractivity contribution in [1.29, 1.82) is 0 Å². The van der Waals surface area contributed by atoms with E-state index in [4.69, 9.17) is 0 Å². The number of carbonyl (C=O) groups excluding carboxylic acids is 1. The first-order chi connectivity index (χ1) is 10.1. The highest BCUT2D eigenvalue weighted by atomic mass is 32.1. The molecular weight excluding hydrogens is 284 g/mol. The van der Waals surface area contributed by atoms with Crippen molar-refractivity contribution in [2.24, 2.45) is 0 Å². The smallest absolute Gasteiger partial charge is 0.315 e. The van der Waals surface area contributed by atoms with Gasteiger partial charge in [-0.15, -0.1) is 11.3 Å². The van der Waals surface area contributed by atoms with Gasteiger partial charge in [0.25, 0.3) is 0 Å². The average molecular weight is 310 g/mol. The molecule has 1 aromatic heterocycles. The van der Waals surface area contributed by atoms with Crippen LogP contribution in [0.3, 0.4) is 0 Å². The summed E-state index contributed by atoms with van der Waals surface area (Å²) < 4.78 is 0. The number of nitrogens with one attached hydrogen (secondary N) is 2. The molecule has 5 nitrogen and oxygen atoms in total. The number of thiazole rings is 1. The van der Waals surface area contributed by atoms with E-state index in [9.17, 15) is 4.79 Å². The molecule has 0 aliphatic carbocycles. The molecule has 1 aliphatic heterocycles. The van der Waals surface area contributed by atoms with Crippen LogP contribution in [0.2, 0.25) is 0 Å². The molecule has 21 heavy (non-hydrogen) atoms. The summed E-state index contributed by atoms with van der Waals surface area (Å²) in [6.45, 7) is 7.78. The molecule has 2 rings (SSSR count). The van der Waals surface area contributed by atoms with Gasteiger partial charge in [-0.3, -0.25) is 0 Å². The fourth-order valence-electron chi connectivity index (χ4n) is 2.68. The van der Waals surface area contributed by atoms with Crippen molar-refractivity contribution in [1.82, 2.24) is 20.5 Å². The van der Waals surface area contributed by atoms with Gasteiger partial charge in [0.05, 0.1) is 6.54 Å². The van der Waals surface area contributed by atoms with Crippen molar-refractivity contribution in [2.75, 3.05) is 19.6 Å². The minimum Gasteiger partial charge on any atom is -0.338 e. The summed E-state index contributed by atoms with van der Waals surface area (Å²) in [5.74, 6) is 0. The lowest BCUT2D eigenvalue weighted by Crippen LogP contribution is -2.40. The van der Waals surface area contributed by atoms with Crippen molar-refractivity contribution < 1.29 is 4.79 Å². The highest BCUT2D eigenvalue weighted by Gasteiger charge is 2.17. The fraction of sp³-hybridized carbons (Fsp3) is 0.733. The van der Waals surface area contributed by atoms with Gasteiger partial charge >= 0.3 is 6.03 Å². The molecule has 2 N–H and O–H groups in total. The molecule has 2 amide bonds. The Bertz CT molecular complexity index is 449. The van der Waals surface area contributed by atoms with E-state index >= 15 is 0 Å². The molecule has 0 radical (unpaired) electrons. The van der Waals surface area contributed by atoms with Crippen LogP contribution in [0.15, 0.2) is 5.38 Å². The highest BCUT2D eigenvalue weighted by molar-refractivity contribution is 7.09. The second kappa shape index (κ2) is 8.34. The Morgan fingerprint density at radius 1 is 1.48 bits per heavy atom. The van der Waals surface area contributed by atoms with E-state index in [-0.39, 0.29) is 6.03 Å². The van der Waals surface area contributed by atoms with Gasteiger partial charge in [0.15, 0.2) is 0 Å². The second-order valence-electron chi connectivity index (χ2n) is 5.73. The number of rotatable bonds is 6. The number of hydrogen-bond donors (Lipinski definition) is 2. The van der Waals surface area contributed by atoms with Crippen LogP contribution in [0.1, 0.15) is 43.3 Å². The molecule has 1 aliphatic rings. The fourth-order valence-corrected chi connectivity index (χ4v) is 3.39. The standard InChI is InChI=1S/C15H26N4OS/c1-12-11-21-14(18-12)10-17-15(20)16-7-5-9-19-8-4-3-6-13(19)2/h11,13H,3-10H2,1-2H3,(H2,16,17,20). The van der Waals surface area contributed by atoms with E-state index in [1.165, 1.54) is 25.8 Å². The molecule has 6 heteroatoms. The van der Waals surface area contributed by atoms with E-state index in [1.807, 2.05) is 12.3 Å². The third-order valence-electron chi connectivity index (χ3n) is 3.91. The number of carbonyl (C=O) groups is 1. The van der Waals surface area contributed by atoms with Crippen LogP contribution in [0.4, 0.5) is 4.79 Å². The van der Waals surface area contributed by atoms with E-state index in [1.54, 1.807) is 11.3 Å². The number of hydrogen-bond acceptors (Lipinski definition) is 4. The number of nitrogens with zero attached hydrogens (tertiary/aromatic N) is 2. The van der Waals surface area contributed by atoms with Gasteiger partial charge in [-0.05, 0) is 39.7 Å². The topological polar surface area (TPSA) is 57.3 Å². The monoisotopic (exact) mass is 310 g/mol. The maximum absolute atomic E-state index is 11.7. The summed E-state index contributed by atoms with van der Waals surface area (Å²) in [7, 11) is 0. The first-order valence-corrected chi connectivity index (χ1v) is 8.70. The van der Waals surface area contributed by atoms with Crippen LogP contribution in [0, 0.1) is 6.92 Å². The quantitative estimate of drug-likeness (QED) is 0.794. The van der Waals surface area contributed by atoms with E-state index in [2.05, 4.69) is 27.4 Å². The van der Waals surface area contributed by atoms with E-state index < -0.39 is 0 Å². The van der Waals surface area contributed by atoms with Crippen molar-refractivity contribution in [3.8, 4) is 0 Å². The Morgan fingerprint density at radius 2 is 2.33 bits per heavy atom. The van der Waals surface area contributed by atoms with Gasteiger partial charge < -0.3 is 15.5 Å². The lowest BCUT2D eigenvalue weighted by molar-refractivity contribution is 0.159. The molecule has 2 heterocycles. The predicted molar refractivity (Wildman–Crippen MR) is 86.6 cm³/mol. The van der Waals surface area contributed by atoms with Gasteiger partial charge in [0.2, 0.25) is 0 Å². The highest BCUT2D eigenvalue weighted by Crippen LogP contribution is 2.16. The lowest BCUT2D eigenvalue weighted by Gasteiger charge is -2.33. The molecule has 0 saturated carbocycles. The number of aryl methyl sites for hydroxylation is 1. The minimum atomic E-state index is -0.102. The molecule has 1 atom stereocenters. The lowest BCUT2D eigenvalue weighted by atomic mass is 10.0. The molecule has 1 saturated heterocycles. The molecule has 1 unspecified atom stereocenters. The van der Waals surface area contributed by atoms with Crippen molar-refractivity contribution in [2.45, 2.75) is 52.1 Å². The summed E-state index contributed by atoms with van der Waals surface area (Å²) >= 11 is 1.58. The average Bonchev–Trinajstić information content (AvgIpc) is 2.89.